The SMILES string of the molecule is Cl.NCC(NC(=O)CCCCOc1ccc(Br)cc1)C1CC1. The Hall–Kier alpha value is -0.780. The number of carbonyl (C=O) groups excluding carboxylic acids is 1. The molecule has 1 fully saturated rings. The summed E-state index contributed by atoms with van der Waals surface area (Å²) in [6, 6.07) is 7.94. The molecule has 1 aromatic rings. The Morgan fingerprint density at radius 2 is 2.00 bits per heavy atom. The van der Waals surface area contributed by atoms with Gasteiger partial charge in [-0.1, -0.05) is 15.9 Å². The van der Waals surface area contributed by atoms with Crippen LogP contribution < -0.4 is 15.8 Å². The van der Waals surface area contributed by atoms with Gasteiger partial charge in [-0.25, -0.2) is 0 Å². The summed E-state index contributed by atoms with van der Waals surface area (Å²) in [5.74, 6) is 1.58. The molecular formula is C16H24BrClN2O2. The average Bonchev–Trinajstić information content (AvgIpc) is 3.31. The zero-order valence-electron chi connectivity index (χ0n) is 12.6. The molecule has 0 aliphatic heterocycles. The van der Waals surface area contributed by atoms with Crippen molar-refractivity contribution >= 4 is 34.2 Å². The summed E-state index contributed by atoms with van der Waals surface area (Å²) in [4.78, 5) is 11.8. The lowest BCUT2D eigenvalue weighted by molar-refractivity contribution is -0.122. The van der Waals surface area contributed by atoms with Crippen LogP contribution >= 0.6 is 28.3 Å². The third-order valence-corrected chi connectivity index (χ3v) is 4.20. The third-order valence-electron chi connectivity index (χ3n) is 3.67. The van der Waals surface area contributed by atoms with Gasteiger partial charge < -0.3 is 15.8 Å². The lowest BCUT2D eigenvalue weighted by Gasteiger charge is -2.15. The predicted molar refractivity (Wildman–Crippen MR) is 94.4 cm³/mol. The Morgan fingerprint density at radius 1 is 1.32 bits per heavy atom. The maximum atomic E-state index is 11.8. The topological polar surface area (TPSA) is 64.3 Å². The summed E-state index contributed by atoms with van der Waals surface area (Å²) in [5, 5.41) is 3.03. The molecule has 1 amide bonds. The van der Waals surface area contributed by atoms with Crippen molar-refractivity contribution in [1.29, 1.82) is 0 Å². The second-order valence-corrected chi connectivity index (χ2v) is 6.42. The number of hydrogen-bond acceptors (Lipinski definition) is 3. The Balaban J connectivity index is 0.00000242. The maximum absolute atomic E-state index is 11.8. The Morgan fingerprint density at radius 3 is 2.59 bits per heavy atom. The van der Waals surface area contributed by atoms with Gasteiger partial charge >= 0.3 is 0 Å². The number of halogens is 2. The highest BCUT2D eigenvalue weighted by atomic mass is 79.9. The highest BCUT2D eigenvalue weighted by molar-refractivity contribution is 9.10. The van der Waals surface area contributed by atoms with Crippen molar-refractivity contribution in [2.45, 2.75) is 38.1 Å². The molecule has 22 heavy (non-hydrogen) atoms. The van der Waals surface area contributed by atoms with Crippen molar-refractivity contribution in [1.82, 2.24) is 5.32 Å². The Kier molecular flexibility index (Phi) is 8.83. The number of nitrogens with two attached hydrogens (primary N) is 1. The van der Waals surface area contributed by atoms with Crippen LogP contribution in [0.15, 0.2) is 28.7 Å². The highest BCUT2D eigenvalue weighted by Crippen LogP contribution is 2.32. The molecule has 4 nitrogen and oxygen atoms in total. The zero-order chi connectivity index (χ0) is 15.1. The van der Waals surface area contributed by atoms with Gasteiger partial charge in [0.1, 0.15) is 5.75 Å². The first-order chi connectivity index (χ1) is 10.2. The van der Waals surface area contributed by atoms with Gasteiger partial charge in [0.2, 0.25) is 5.91 Å². The van der Waals surface area contributed by atoms with E-state index in [0.717, 1.165) is 23.1 Å². The molecule has 0 aromatic heterocycles. The fraction of sp³-hybridized carbons (Fsp3) is 0.562. The molecule has 6 heteroatoms. The van der Waals surface area contributed by atoms with E-state index in [4.69, 9.17) is 10.5 Å². The van der Waals surface area contributed by atoms with E-state index in [-0.39, 0.29) is 24.4 Å². The number of amides is 1. The first kappa shape index (κ1) is 19.3. The second-order valence-electron chi connectivity index (χ2n) is 5.51. The van der Waals surface area contributed by atoms with Crippen molar-refractivity contribution < 1.29 is 9.53 Å². The summed E-state index contributed by atoms with van der Waals surface area (Å²) in [7, 11) is 0. The van der Waals surface area contributed by atoms with E-state index in [1.54, 1.807) is 0 Å². The van der Waals surface area contributed by atoms with E-state index in [1.165, 1.54) is 12.8 Å². The van der Waals surface area contributed by atoms with Gasteiger partial charge in [0.05, 0.1) is 6.61 Å². The summed E-state index contributed by atoms with van der Waals surface area (Å²) >= 11 is 3.39. The van der Waals surface area contributed by atoms with Gasteiger partial charge in [0, 0.05) is 23.5 Å². The number of carbonyl (C=O) groups is 1. The van der Waals surface area contributed by atoms with E-state index in [9.17, 15) is 4.79 Å². The minimum atomic E-state index is 0. The van der Waals surface area contributed by atoms with Gasteiger partial charge in [-0.15, -0.1) is 12.4 Å². The first-order valence-corrected chi connectivity index (χ1v) is 8.36. The van der Waals surface area contributed by atoms with Crippen molar-refractivity contribution in [3.05, 3.63) is 28.7 Å². The van der Waals surface area contributed by atoms with Crippen molar-refractivity contribution in [3.63, 3.8) is 0 Å². The van der Waals surface area contributed by atoms with Crippen LogP contribution in [-0.2, 0) is 4.79 Å². The molecule has 2 rings (SSSR count). The van der Waals surface area contributed by atoms with Crippen LogP contribution in [0.5, 0.6) is 5.75 Å². The van der Waals surface area contributed by atoms with Crippen LogP contribution in [0.1, 0.15) is 32.1 Å². The van der Waals surface area contributed by atoms with Crippen LogP contribution in [-0.4, -0.2) is 25.1 Å². The summed E-state index contributed by atoms with van der Waals surface area (Å²) < 4.78 is 6.66. The fourth-order valence-corrected chi connectivity index (χ4v) is 2.52. The van der Waals surface area contributed by atoms with E-state index < -0.39 is 0 Å². The standard InChI is InChI=1S/C16H23BrN2O2.ClH/c17-13-6-8-14(9-7-13)21-10-2-1-3-16(20)19-15(11-18)12-4-5-12;/h6-9,12,15H,1-5,10-11,18H2,(H,19,20);1H. The van der Waals surface area contributed by atoms with Gasteiger partial charge in [0.15, 0.2) is 0 Å². The monoisotopic (exact) mass is 390 g/mol. The quantitative estimate of drug-likeness (QED) is 0.635. The lowest BCUT2D eigenvalue weighted by Crippen LogP contribution is -2.41. The molecule has 0 saturated heterocycles. The van der Waals surface area contributed by atoms with Crippen LogP contribution in [0.25, 0.3) is 0 Å². The number of nitrogens with one attached hydrogen (secondary N) is 1. The third kappa shape index (κ3) is 6.99. The minimum Gasteiger partial charge on any atom is -0.494 e. The molecule has 124 valence electrons. The molecule has 0 heterocycles. The maximum Gasteiger partial charge on any atom is 0.220 e. The molecule has 1 aromatic carbocycles. The zero-order valence-corrected chi connectivity index (χ0v) is 15.0. The van der Waals surface area contributed by atoms with Crippen molar-refractivity contribution in [2.24, 2.45) is 11.7 Å². The number of unbranched alkanes of at least 4 members (excludes halogenated alkanes) is 1. The molecule has 1 unspecified atom stereocenters. The normalized spacial score (nSPS) is 14.8. The molecule has 1 atom stereocenters. The Labute approximate surface area is 146 Å². The van der Waals surface area contributed by atoms with Crippen LogP contribution in [0, 0.1) is 5.92 Å². The van der Waals surface area contributed by atoms with E-state index in [1.807, 2.05) is 24.3 Å². The van der Waals surface area contributed by atoms with Gasteiger partial charge in [-0.3, -0.25) is 4.79 Å². The molecule has 1 aliphatic carbocycles. The highest BCUT2D eigenvalue weighted by Gasteiger charge is 2.30. The van der Waals surface area contributed by atoms with Crippen molar-refractivity contribution in [3.8, 4) is 5.75 Å². The number of rotatable bonds is 9. The fourth-order valence-electron chi connectivity index (χ4n) is 2.26. The Bertz CT molecular complexity index is 452. The molecule has 0 radical (unpaired) electrons. The lowest BCUT2D eigenvalue weighted by atomic mass is 10.1. The van der Waals surface area contributed by atoms with Crippen LogP contribution in [0.2, 0.25) is 0 Å². The molecule has 0 bridgehead atoms. The van der Waals surface area contributed by atoms with Crippen LogP contribution in [0.4, 0.5) is 0 Å². The van der Waals surface area contributed by atoms with E-state index in [0.29, 0.717) is 25.5 Å². The first-order valence-electron chi connectivity index (χ1n) is 7.57. The van der Waals surface area contributed by atoms with Gasteiger partial charge in [0.25, 0.3) is 0 Å². The number of benzene rings is 1. The van der Waals surface area contributed by atoms with Gasteiger partial charge in [-0.05, 0) is 55.9 Å². The van der Waals surface area contributed by atoms with E-state index >= 15 is 0 Å². The molecular weight excluding hydrogens is 368 g/mol. The number of ether oxygens (including phenoxy) is 1. The molecule has 3 N–H and O–H groups in total. The number of hydrogen-bond donors (Lipinski definition) is 2. The van der Waals surface area contributed by atoms with Crippen LogP contribution in [0.3, 0.4) is 0 Å². The second kappa shape index (κ2) is 10.1. The summed E-state index contributed by atoms with van der Waals surface area (Å²) in [6.07, 6.45) is 4.66. The summed E-state index contributed by atoms with van der Waals surface area (Å²) in [5.41, 5.74) is 5.68. The van der Waals surface area contributed by atoms with E-state index in [2.05, 4.69) is 21.2 Å². The molecule has 1 aliphatic rings. The van der Waals surface area contributed by atoms with Gasteiger partial charge in [-0.2, -0.15) is 0 Å². The minimum absolute atomic E-state index is 0. The molecule has 0 spiro atoms. The predicted octanol–water partition coefficient (Wildman–Crippen LogP) is 3.27. The average molecular weight is 392 g/mol. The molecule has 1 saturated carbocycles. The van der Waals surface area contributed by atoms with Crippen molar-refractivity contribution in [2.75, 3.05) is 13.2 Å². The smallest absolute Gasteiger partial charge is 0.220 e. The summed E-state index contributed by atoms with van der Waals surface area (Å²) in [6.45, 7) is 1.18. The largest absolute Gasteiger partial charge is 0.494 e.